The Morgan fingerprint density at radius 1 is 1.12 bits per heavy atom. The molecule has 2 saturated heterocycles. The van der Waals surface area contributed by atoms with Crippen molar-refractivity contribution in [2.75, 3.05) is 37.7 Å². The summed E-state index contributed by atoms with van der Waals surface area (Å²) in [6.45, 7) is 5.43. The van der Waals surface area contributed by atoms with E-state index in [9.17, 15) is 23.2 Å². The first-order valence-electron chi connectivity index (χ1n) is 12.3. The number of benzene rings is 2. The van der Waals surface area contributed by atoms with Gasteiger partial charge in [-0.25, -0.2) is 4.79 Å². The van der Waals surface area contributed by atoms with Gasteiger partial charge in [-0.2, -0.15) is 18.4 Å². The zero-order valence-corrected chi connectivity index (χ0v) is 22.0. The standard InChI is InChI=1S/C27H24F3N7O2S/c1-2-13-36-23(40-26(27(28,29)30,32-25(36)38)19-9-5-3-6-10-19)21(18-31)22-33-34-24(35-14-16-39-17-15-35)37(22)20-11-7-4-8-12-20/h2-12H,1,13-17H2,(H,32,38)/b23-21+/t26-/m0/s1. The van der Waals surface area contributed by atoms with Gasteiger partial charge in [-0.05, 0) is 17.7 Å². The molecule has 13 heteroatoms. The van der Waals surface area contributed by atoms with Gasteiger partial charge in [0.05, 0.1) is 18.9 Å². The molecule has 9 nitrogen and oxygen atoms in total. The maximum absolute atomic E-state index is 14.9. The van der Waals surface area contributed by atoms with Gasteiger partial charge in [0.15, 0.2) is 5.82 Å². The highest BCUT2D eigenvalue weighted by Crippen LogP contribution is 2.54. The summed E-state index contributed by atoms with van der Waals surface area (Å²) in [7, 11) is 0. The molecule has 2 aliphatic rings. The largest absolute Gasteiger partial charge is 0.425 e. The molecule has 3 heterocycles. The number of para-hydroxylation sites is 1. The predicted octanol–water partition coefficient (Wildman–Crippen LogP) is 4.66. The van der Waals surface area contributed by atoms with E-state index in [0.29, 0.717) is 49.7 Å². The van der Waals surface area contributed by atoms with Crippen LogP contribution in [0.3, 0.4) is 0 Å². The van der Waals surface area contributed by atoms with E-state index in [1.54, 1.807) is 34.9 Å². The Hall–Kier alpha value is -4.28. The van der Waals surface area contributed by atoms with E-state index in [-0.39, 0.29) is 28.5 Å². The smallest absolute Gasteiger partial charge is 0.378 e. The molecule has 1 aromatic heterocycles. The lowest BCUT2D eigenvalue weighted by Crippen LogP contribution is -2.60. The Balaban J connectivity index is 1.76. The Kier molecular flexibility index (Phi) is 7.55. The molecule has 206 valence electrons. The number of thioether (sulfide) groups is 1. The summed E-state index contributed by atoms with van der Waals surface area (Å²) in [4.78, 5) is 13.5. The molecule has 0 spiro atoms. The minimum absolute atomic E-state index is 0.00518. The van der Waals surface area contributed by atoms with Crippen molar-refractivity contribution in [3.05, 3.63) is 89.7 Å². The number of carbonyl (C=O) groups excluding carboxylic acids is 1. The average molecular weight is 568 g/mol. The molecule has 0 bridgehead atoms. The molecule has 40 heavy (non-hydrogen) atoms. The molecule has 5 rings (SSSR count). The number of aromatic nitrogens is 3. The van der Waals surface area contributed by atoms with Crippen molar-refractivity contribution in [2.24, 2.45) is 0 Å². The van der Waals surface area contributed by atoms with Crippen LogP contribution in [-0.2, 0) is 9.61 Å². The number of nitrogens with zero attached hydrogens (tertiary/aromatic N) is 6. The first-order chi connectivity index (χ1) is 19.3. The van der Waals surface area contributed by atoms with Crippen LogP contribution in [0.4, 0.5) is 23.9 Å². The van der Waals surface area contributed by atoms with E-state index in [1.165, 1.54) is 30.3 Å². The summed E-state index contributed by atoms with van der Waals surface area (Å²) in [5.74, 6) is 0.411. The van der Waals surface area contributed by atoms with Crippen LogP contribution in [0.25, 0.3) is 11.3 Å². The summed E-state index contributed by atoms with van der Waals surface area (Å²) >= 11 is 0.331. The van der Waals surface area contributed by atoms with Gasteiger partial charge >= 0.3 is 12.2 Å². The summed E-state index contributed by atoms with van der Waals surface area (Å²) in [5, 5.41) is 21.0. The topological polar surface area (TPSA) is 99.3 Å². The molecule has 0 saturated carbocycles. The van der Waals surface area contributed by atoms with Crippen LogP contribution >= 0.6 is 11.8 Å². The molecule has 2 fully saturated rings. The van der Waals surface area contributed by atoms with Gasteiger partial charge in [0.2, 0.25) is 10.8 Å². The first-order valence-corrected chi connectivity index (χ1v) is 13.1. The monoisotopic (exact) mass is 567 g/mol. The van der Waals surface area contributed by atoms with Gasteiger partial charge in [0.1, 0.15) is 16.7 Å². The zero-order valence-electron chi connectivity index (χ0n) is 21.1. The number of hydrogen-bond donors (Lipinski definition) is 1. The van der Waals surface area contributed by atoms with Crippen LogP contribution < -0.4 is 10.2 Å². The molecular formula is C27H24F3N7O2S. The van der Waals surface area contributed by atoms with Gasteiger partial charge < -0.3 is 15.0 Å². The number of alkyl halides is 3. The van der Waals surface area contributed by atoms with E-state index in [1.807, 2.05) is 17.0 Å². The number of carbonyl (C=O) groups is 1. The second kappa shape index (κ2) is 11.1. The minimum atomic E-state index is -4.92. The van der Waals surface area contributed by atoms with Gasteiger partial charge in [0, 0.05) is 19.6 Å². The molecule has 2 amide bonds. The number of rotatable bonds is 6. The Labute approximate surface area is 232 Å². The highest BCUT2D eigenvalue weighted by molar-refractivity contribution is 8.04. The summed E-state index contributed by atoms with van der Waals surface area (Å²) in [5.41, 5.74) is 0.178. The van der Waals surface area contributed by atoms with Crippen LogP contribution in [0.15, 0.2) is 78.3 Å². The van der Waals surface area contributed by atoms with E-state index in [4.69, 9.17) is 4.74 Å². The molecular weight excluding hydrogens is 543 g/mol. The fraction of sp³-hybridized carbons (Fsp3) is 0.259. The van der Waals surface area contributed by atoms with Crippen LogP contribution in [0.2, 0.25) is 0 Å². The third-order valence-electron chi connectivity index (χ3n) is 6.42. The third kappa shape index (κ3) is 4.80. The maximum Gasteiger partial charge on any atom is 0.425 e. The average Bonchev–Trinajstić information content (AvgIpc) is 3.40. The zero-order chi connectivity index (χ0) is 28.3. The SMILES string of the molecule is C=CCN1C(=O)N[C@](c2ccccc2)(C(F)(F)F)S/C1=C(\C#N)c1nnc(N2CCOCC2)n1-c1ccccc1. The van der Waals surface area contributed by atoms with Crippen molar-refractivity contribution in [2.45, 2.75) is 11.0 Å². The minimum Gasteiger partial charge on any atom is -0.378 e. The number of allylic oxidation sites excluding steroid dienone is 1. The summed E-state index contributed by atoms with van der Waals surface area (Å²) < 4.78 is 51.7. The number of amides is 2. The molecule has 0 aliphatic carbocycles. The molecule has 0 radical (unpaired) electrons. The molecule has 2 aliphatic heterocycles. The first kappa shape index (κ1) is 27.3. The number of ether oxygens (including phenoxy) is 1. The van der Waals surface area contributed by atoms with Gasteiger partial charge in [0.25, 0.3) is 0 Å². The Bertz CT molecular complexity index is 1460. The quantitative estimate of drug-likeness (QED) is 0.342. The second-order valence-electron chi connectivity index (χ2n) is 8.86. The van der Waals surface area contributed by atoms with Crippen molar-refractivity contribution < 1.29 is 22.7 Å². The Morgan fingerprint density at radius 3 is 2.38 bits per heavy atom. The lowest BCUT2D eigenvalue weighted by molar-refractivity contribution is -0.168. The molecule has 1 N–H and O–H groups in total. The molecule has 0 unspecified atom stereocenters. The van der Waals surface area contributed by atoms with Crippen LogP contribution in [0.5, 0.6) is 0 Å². The third-order valence-corrected chi connectivity index (χ3v) is 7.91. The van der Waals surface area contributed by atoms with Gasteiger partial charge in [-0.15, -0.1) is 16.8 Å². The van der Waals surface area contributed by atoms with Crippen LogP contribution in [0, 0.1) is 11.3 Å². The van der Waals surface area contributed by atoms with Crippen LogP contribution in [0.1, 0.15) is 11.4 Å². The van der Waals surface area contributed by atoms with Crippen molar-refractivity contribution >= 4 is 29.3 Å². The van der Waals surface area contributed by atoms with Crippen molar-refractivity contribution in [3.8, 4) is 11.8 Å². The van der Waals surface area contributed by atoms with E-state index in [0.717, 1.165) is 4.90 Å². The number of urea groups is 1. The molecule has 2 aromatic carbocycles. The molecule has 1 atom stereocenters. The number of halogens is 3. The molecule has 3 aromatic rings. The lowest BCUT2D eigenvalue weighted by atomic mass is 10.1. The number of anilines is 1. The van der Waals surface area contributed by atoms with Crippen LogP contribution in [-0.4, -0.2) is 64.7 Å². The Morgan fingerprint density at radius 2 is 1.77 bits per heavy atom. The van der Waals surface area contributed by atoms with E-state index in [2.05, 4.69) is 22.1 Å². The fourth-order valence-corrected chi connectivity index (χ4v) is 5.83. The number of hydrogen-bond acceptors (Lipinski definition) is 7. The van der Waals surface area contributed by atoms with Gasteiger partial charge in [-0.1, -0.05) is 66.4 Å². The lowest BCUT2D eigenvalue weighted by Gasteiger charge is -2.44. The number of morpholine rings is 1. The van der Waals surface area contributed by atoms with E-state index < -0.39 is 17.1 Å². The number of nitrogens with one attached hydrogen (secondary N) is 1. The van der Waals surface area contributed by atoms with Crippen molar-refractivity contribution in [1.29, 1.82) is 5.26 Å². The highest BCUT2D eigenvalue weighted by Gasteiger charge is 2.62. The summed E-state index contributed by atoms with van der Waals surface area (Å²) in [6.07, 6.45) is -3.55. The van der Waals surface area contributed by atoms with Gasteiger partial charge in [-0.3, -0.25) is 9.47 Å². The maximum atomic E-state index is 14.9. The van der Waals surface area contributed by atoms with Crippen molar-refractivity contribution in [1.82, 2.24) is 25.0 Å². The normalized spacial score (nSPS) is 21.0. The fourth-order valence-electron chi connectivity index (χ4n) is 4.53. The highest BCUT2D eigenvalue weighted by atomic mass is 32.2. The number of nitriles is 1. The van der Waals surface area contributed by atoms with E-state index >= 15 is 0 Å². The summed E-state index contributed by atoms with van der Waals surface area (Å²) in [6, 6.07) is 17.0. The predicted molar refractivity (Wildman–Crippen MR) is 144 cm³/mol. The second-order valence-corrected chi connectivity index (χ2v) is 10.1. The van der Waals surface area contributed by atoms with Crippen molar-refractivity contribution in [3.63, 3.8) is 0 Å².